The molecule has 1 nitrogen and oxygen atoms in total. The molecule has 0 radical (unpaired) electrons. The molecule has 1 heteroatoms. The van der Waals surface area contributed by atoms with Gasteiger partial charge in [0.25, 0.3) is 0 Å². The van der Waals surface area contributed by atoms with Gasteiger partial charge < -0.3 is 5.73 Å². The van der Waals surface area contributed by atoms with Crippen molar-refractivity contribution in [3.8, 4) is 0 Å². The zero-order valence-corrected chi connectivity index (χ0v) is 9.79. The van der Waals surface area contributed by atoms with Gasteiger partial charge in [0.05, 0.1) is 0 Å². The summed E-state index contributed by atoms with van der Waals surface area (Å²) >= 11 is 0. The highest BCUT2D eigenvalue weighted by Crippen LogP contribution is 2.39. The Labute approximate surface area is 92.7 Å². The topological polar surface area (TPSA) is 26.0 Å². The number of nitrogens with two attached hydrogens (primary N) is 1. The summed E-state index contributed by atoms with van der Waals surface area (Å²) in [5, 5.41) is 0. The molecule has 0 amide bonds. The first-order chi connectivity index (χ1) is 7.18. The Morgan fingerprint density at radius 1 is 1.20 bits per heavy atom. The molecule has 0 heterocycles. The lowest BCUT2D eigenvalue weighted by Gasteiger charge is -2.30. The van der Waals surface area contributed by atoms with Gasteiger partial charge >= 0.3 is 0 Å². The van der Waals surface area contributed by atoms with Gasteiger partial charge in [0.2, 0.25) is 0 Å². The van der Waals surface area contributed by atoms with Crippen LogP contribution in [0.3, 0.4) is 0 Å². The summed E-state index contributed by atoms with van der Waals surface area (Å²) in [6, 6.07) is 6.44. The van der Waals surface area contributed by atoms with Crippen LogP contribution < -0.4 is 5.73 Å². The van der Waals surface area contributed by atoms with E-state index in [0.717, 1.165) is 11.6 Å². The van der Waals surface area contributed by atoms with Crippen LogP contribution in [0.5, 0.6) is 0 Å². The monoisotopic (exact) mass is 203 g/mol. The summed E-state index contributed by atoms with van der Waals surface area (Å²) in [5.41, 5.74) is 9.79. The minimum absolute atomic E-state index is 0.693. The third-order valence-electron chi connectivity index (χ3n) is 3.75. The number of anilines is 1. The number of rotatable bonds is 1. The smallest absolute Gasteiger partial charge is 0.0349 e. The maximum Gasteiger partial charge on any atom is 0.0349 e. The highest BCUT2D eigenvalue weighted by atomic mass is 14.6. The lowest BCUT2D eigenvalue weighted by Crippen LogP contribution is -2.16. The van der Waals surface area contributed by atoms with E-state index in [4.69, 9.17) is 5.73 Å². The Hall–Kier alpha value is -0.980. The Morgan fingerprint density at radius 3 is 2.67 bits per heavy atom. The molecular formula is C14H21N. The Bertz CT molecular complexity index is 343. The molecule has 0 aromatic heterocycles. The molecule has 2 atom stereocenters. The largest absolute Gasteiger partial charge is 0.398 e. The van der Waals surface area contributed by atoms with Crippen LogP contribution in [0, 0.1) is 12.8 Å². The molecule has 0 aliphatic heterocycles. The van der Waals surface area contributed by atoms with Crippen LogP contribution in [0.1, 0.15) is 49.7 Å². The van der Waals surface area contributed by atoms with Gasteiger partial charge in [-0.3, -0.25) is 0 Å². The first kappa shape index (κ1) is 10.5. The SMILES string of the molecule is Cc1ccc(N)c([C@H]2CCCC[C@H]2C)c1. The fraction of sp³-hybridized carbons (Fsp3) is 0.571. The standard InChI is InChI=1S/C14H21N/c1-10-7-8-14(15)13(9-10)12-6-4-3-5-11(12)2/h7-9,11-12H,3-6,15H2,1-2H3/t11-,12+/m1/s1. The second kappa shape index (κ2) is 4.26. The molecule has 1 aromatic rings. The minimum atomic E-state index is 0.693. The predicted molar refractivity (Wildman–Crippen MR) is 66.0 cm³/mol. The van der Waals surface area contributed by atoms with Gasteiger partial charge in [-0.25, -0.2) is 0 Å². The van der Waals surface area contributed by atoms with E-state index >= 15 is 0 Å². The lowest BCUT2D eigenvalue weighted by molar-refractivity contribution is 0.331. The zero-order chi connectivity index (χ0) is 10.8. The van der Waals surface area contributed by atoms with Gasteiger partial charge in [-0.2, -0.15) is 0 Å². The summed E-state index contributed by atoms with van der Waals surface area (Å²) in [5.74, 6) is 1.49. The number of aryl methyl sites for hydroxylation is 1. The van der Waals surface area contributed by atoms with E-state index in [0.29, 0.717) is 5.92 Å². The fourth-order valence-corrected chi connectivity index (χ4v) is 2.79. The first-order valence-corrected chi connectivity index (χ1v) is 6.04. The van der Waals surface area contributed by atoms with Gasteiger partial charge in [-0.1, -0.05) is 43.9 Å². The summed E-state index contributed by atoms with van der Waals surface area (Å²) in [6.07, 6.45) is 5.43. The van der Waals surface area contributed by atoms with Crippen molar-refractivity contribution in [2.75, 3.05) is 5.73 Å². The van der Waals surface area contributed by atoms with E-state index in [2.05, 4.69) is 32.0 Å². The maximum absolute atomic E-state index is 6.08. The number of hydrogen-bond acceptors (Lipinski definition) is 1. The maximum atomic E-state index is 6.08. The van der Waals surface area contributed by atoms with Crippen LogP contribution in [0.2, 0.25) is 0 Å². The molecule has 0 unspecified atom stereocenters. The van der Waals surface area contributed by atoms with Gasteiger partial charge in [0, 0.05) is 5.69 Å². The molecule has 0 saturated heterocycles. The predicted octanol–water partition coefficient (Wildman–Crippen LogP) is 3.87. The fourth-order valence-electron chi connectivity index (χ4n) is 2.79. The van der Waals surface area contributed by atoms with E-state index in [1.54, 1.807) is 0 Å². The molecule has 0 spiro atoms. The molecule has 2 rings (SSSR count). The average Bonchev–Trinajstić information content (AvgIpc) is 2.23. The molecule has 1 aliphatic rings. The van der Waals surface area contributed by atoms with Crippen molar-refractivity contribution in [2.45, 2.75) is 45.4 Å². The lowest BCUT2D eigenvalue weighted by atomic mass is 9.76. The second-order valence-electron chi connectivity index (χ2n) is 5.00. The molecule has 15 heavy (non-hydrogen) atoms. The molecule has 2 N–H and O–H groups in total. The van der Waals surface area contributed by atoms with Crippen LogP contribution in [0.4, 0.5) is 5.69 Å². The summed E-state index contributed by atoms with van der Waals surface area (Å²) in [6.45, 7) is 4.52. The second-order valence-corrected chi connectivity index (χ2v) is 5.00. The van der Waals surface area contributed by atoms with E-state index in [-0.39, 0.29) is 0 Å². The Balaban J connectivity index is 2.30. The summed E-state index contributed by atoms with van der Waals surface area (Å²) in [4.78, 5) is 0. The van der Waals surface area contributed by atoms with E-state index in [1.807, 2.05) is 0 Å². The summed E-state index contributed by atoms with van der Waals surface area (Å²) in [7, 11) is 0. The number of nitrogen functional groups attached to an aromatic ring is 1. The normalized spacial score (nSPS) is 26.5. The van der Waals surface area contributed by atoms with Crippen molar-refractivity contribution in [1.82, 2.24) is 0 Å². The molecule has 82 valence electrons. The van der Waals surface area contributed by atoms with Gasteiger partial charge in [-0.15, -0.1) is 0 Å². The molecule has 1 fully saturated rings. The minimum Gasteiger partial charge on any atom is -0.398 e. The number of benzene rings is 1. The molecule has 0 bridgehead atoms. The van der Waals surface area contributed by atoms with Crippen molar-refractivity contribution in [3.63, 3.8) is 0 Å². The van der Waals surface area contributed by atoms with Crippen molar-refractivity contribution in [2.24, 2.45) is 5.92 Å². The van der Waals surface area contributed by atoms with Crippen LogP contribution in [0.25, 0.3) is 0 Å². The van der Waals surface area contributed by atoms with Crippen LogP contribution in [0.15, 0.2) is 18.2 Å². The third-order valence-corrected chi connectivity index (χ3v) is 3.75. The third kappa shape index (κ3) is 2.17. The van der Waals surface area contributed by atoms with Crippen molar-refractivity contribution >= 4 is 5.69 Å². The van der Waals surface area contributed by atoms with Crippen LogP contribution in [-0.2, 0) is 0 Å². The van der Waals surface area contributed by atoms with Crippen molar-refractivity contribution in [3.05, 3.63) is 29.3 Å². The highest BCUT2D eigenvalue weighted by Gasteiger charge is 2.24. The quantitative estimate of drug-likeness (QED) is 0.689. The Morgan fingerprint density at radius 2 is 1.93 bits per heavy atom. The van der Waals surface area contributed by atoms with E-state index in [1.165, 1.54) is 36.8 Å². The first-order valence-electron chi connectivity index (χ1n) is 6.04. The van der Waals surface area contributed by atoms with Crippen molar-refractivity contribution < 1.29 is 0 Å². The zero-order valence-electron chi connectivity index (χ0n) is 9.79. The van der Waals surface area contributed by atoms with Gasteiger partial charge in [0.1, 0.15) is 0 Å². The van der Waals surface area contributed by atoms with E-state index in [9.17, 15) is 0 Å². The van der Waals surface area contributed by atoms with Crippen LogP contribution in [-0.4, -0.2) is 0 Å². The van der Waals surface area contributed by atoms with Gasteiger partial charge in [-0.05, 0) is 36.8 Å². The van der Waals surface area contributed by atoms with Crippen LogP contribution >= 0.6 is 0 Å². The molecule has 1 aliphatic carbocycles. The number of hydrogen-bond donors (Lipinski definition) is 1. The van der Waals surface area contributed by atoms with Gasteiger partial charge in [0.15, 0.2) is 0 Å². The van der Waals surface area contributed by atoms with Crippen molar-refractivity contribution in [1.29, 1.82) is 0 Å². The highest BCUT2D eigenvalue weighted by molar-refractivity contribution is 5.50. The molecule has 1 aromatic carbocycles. The average molecular weight is 203 g/mol. The van der Waals surface area contributed by atoms with E-state index < -0.39 is 0 Å². The molecular weight excluding hydrogens is 182 g/mol. The molecule has 1 saturated carbocycles. The Kier molecular flexibility index (Phi) is 2.99. The summed E-state index contributed by atoms with van der Waals surface area (Å²) < 4.78 is 0.